The molecule has 1 saturated carbocycles. The van der Waals surface area contributed by atoms with E-state index in [0.29, 0.717) is 12.5 Å². The number of carbonyl (C=O) groups is 1. The molecule has 1 heterocycles. The topological polar surface area (TPSA) is 67.1 Å². The van der Waals surface area contributed by atoms with Crippen LogP contribution in [0.25, 0.3) is 0 Å². The minimum atomic E-state index is 0.0562. The Hall–Kier alpha value is -1.71. The average molecular weight is 273 g/mol. The number of nitrogens with two attached hydrogens (primary N) is 1. The molecule has 0 radical (unpaired) electrons. The molecule has 1 aliphatic carbocycles. The van der Waals surface area contributed by atoms with Gasteiger partial charge in [-0.2, -0.15) is 0 Å². The van der Waals surface area contributed by atoms with Crippen LogP contribution in [0, 0.1) is 5.92 Å². The monoisotopic (exact) mass is 273 g/mol. The van der Waals surface area contributed by atoms with E-state index in [4.69, 9.17) is 5.73 Å². The van der Waals surface area contributed by atoms with Gasteiger partial charge in [-0.3, -0.25) is 4.79 Å². The molecule has 4 heteroatoms. The quantitative estimate of drug-likeness (QED) is 0.741. The van der Waals surface area contributed by atoms with Gasteiger partial charge in [0.2, 0.25) is 5.91 Å². The van der Waals surface area contributed by atoms with Gasteiger partial charge in [0.15, 0.2) is 0 Å². The van der Waals surface area contributed by atoms with Gasteiger partial charge in [0.25, 0.3) is 0 Å². The highest BCUT2D eigenvalue weighted by molar-refractivity contribution is 6.00. The van der Waals surface area contributed by atoms with Crippen molar-refractivity contribution in [1.29, 1.82) is 0 Å². The fourth-order valence-corrected chi connectivity index (χ4v) is 3.50. The zero-order valence-electron chi connectivity index (χ0n) is 12.0. The van der Waals surface area contributed by atoms with E-state index >= 15 is 0 Å². The SMILES string of the molecule is CCC1CCCCC1Nc1cc2c(cc1N)CC(=O)N2. The van der Waals surface area contributed by atoms with Gasteiger partial charge < -0.3 is 16.4 Å². The molecule has 2 aliphatic rings. The summed E-state index contributed by atoms with van der Waals surface area (Å²) in [5.74, 6) is 0.784. The van der Waals surface area contributed by atoms with Crippen molar-refractivity contribution in [2.45, 2.75) is 51.5 Å². The Labute approximate surface area is 120 Å². The second kappa shape index (κ2) is 5.35. The summed E-state index contributed by atoms with van der Waals surface area (Å²) in [6.45, 7) is 2.26. The van der Waals surface area contributed by atoms with Crippen molar-refractivity contribution in [2.24, 2.45) is 5.92 Å². The maximum Gasteiger partial charge on any atom is 0.228 e. The van der Waals surface area contributed by atoms with Crippen molar-refractivity contribution in [3.05, 3.63) is 17.7 Å². The molecule has 1 aliphatic heterocycles. The maximum absolute atomic E-state index is 11.4. The molecule has 0 saturated heterocycles. The molecular formula is C16H23N3O. The van der Waals surface area contributed by atoms with E-state index < -0.39 is 0 Å². The van der Waals surface area contributed by atoms with Crippen LogP contribution in [0.4, 0.5) is 17.1 Å². The van der Waals surface area contributed by atoms with Gasteiger partial charge in [-0.15, -0.1) is 0 Å². The number of hydrogen-bond donors (Lipinski definition) is 3. The molecule has 0 spiro atoms. The summed E-state index contributed by atoms with van der Waals surface area (Å²) in [6.07, 6.45) is 6.79. The van der Waals surface area contributed by atoms with Crippen molar-refractivity contribution in [3.8, 4) is 0 Å². The van der Waals surface area contributed by atoms with Crippen LogP contribution in [-0.2, 0) is 11.2 Å². The summed E-state index contributed by atoms with van der Waals surface area (Å²) in [6, 6.07) is 4.43. The molecule has 1 aromatic rings. The second-order valence-corrected chi connectivity index (χ2v) is 6.03. The van der Waals surface area contributed by atoms with Crippen molar-refractivity contribution in [3.63, 3.8) is 0 Å². The molecule has 0 aromatic heterocycles. The Morgan fingerprint density at radius 2 is 2.15 bits per heavy atom. The van der Waals surface area contributed by atoms with Crippen LogP contribution in [0.2, 0.25) is 0 Å². The largest absolute Gasteiger partial charge is 0.397 e. The molecule has 108 valence electrons. The fraction of sp³-hybridized carbons (Fsp3) is 0.562. The summed E-state index contributed by atoms with van der Waals surface area (Å²) in [7, 11) is 0. The predicted molar refractivity (Wildman–Crippen MR) is 82.8 cm³/mol. The lowest BCUT2D eigenvalue weighted by molar-refractivity contribution is -0.115. The normalized spacial score (nSPS) is 25.1. The number of rotatable bonds is 3. The van der Waals surface area contributed by atoms with Crippen LogP contribution in [-0.4, -0.2) is 11.9 Å². The minimum Gasteiger partial charge on any atom is -0.397 e. The van der Waals surface area contributed by atoms with Crippen LogP contribution >= 0.6 is 0 Å². The molecule has 3 rings (SSSR count). The number of nitrogens with one attached hydrogen (secondary N) is 2. The molecule has 1 fully saturated rings. The molecule has 1 aromatic carbocycles. The third kappa shape index (κ3) is 2.47. The van der Waals surface area contributed by atoms with Gasteiger partial charge in [0, 0.05) is 11.7 Å². The lowest BCUT2D eigenvalue weighted by atomic mass is 9.82. The highest BCUT2D eigenvalue weighted by Gasteiger charge is 2.25. The molecule has 1 amide bonds. The molecule has 0 bridgehead atoms. The summed E-state index contributed by atoms with van der Waals surface area (Å²) in [4.78, 5) is 11.4. The number of hydrogen-bond acceptors (Lipinski definition) is 3. The highest BCUT2D eigenvalue weighted by atomic mass is 16.1. The zero-order valence-corrected chi connectivity index (χ0v) is 12.0. The first-order valence-electron chi connectivity index (χ1n) is 7.66. The number of benzene rings is 1. The van der Waals surface area contributed by atoms with Gasteiger partial charge >= 0.3 is 0 Å². The lowest BCUT2D eigenvalue weighted by Crippen LogP contribution is -2.32. The summed E-state index contributed by atoms with van der Waals surface area (Å²) >= 11 is 0. The summed E-state index contributed by atoms with van der Waals surface area (Å²) in [5, 5.41) is 6.51. The standard InChI is InChI=1S/C16H23N3O/c1-2-10-5-3-4-6-13(10)18-15-9-14-11(7-12(15)17)8-16(20)19-14/h7,9-10,13,18H,2-6,8,17H2,1H3,(H,19,20). The summed E-state index contributed by atoms with van der Waals surface area (Å²) in [5.41, 5.74) is 9.78. The third-order valence-electron chi connectivity index (χ3n) is 4.67. The van der Waals surface area contributed by atoms with Crippen LogP contribution in [0.3, 0.4) is 0 Å². The first kappa shape index (κ1) is 13.3. The smallest absolute Gasteiger partial charge is 0.228 e. The second-order valence-electron chi connectivity index (χ2n) is 6.03. The number of anilines is 3. The Morgan fingerprint density at radius 1 is 1.35 bits per heavy atom. The van der Waals surface area contributed by atoms with Gasteiger partial charge in [-0.25, -0.2) is 0 Å². The van der Waals surface area contributed by atoms with E-state index in [1.165, 1.54) is 32.1 Å². The predicted octanol–water partition coefficient (Wildman–Crippen LogP) is 3.14. The molecule has 4 N–H and O–H groups in total. The van der Waals surface area contributed by atoms with Crippen LogP contribution in [0.15, 0.2) is 12.1 Å². The Balaban J connectivity index is 1.80. The maximum atomic E-state index is 11.4. The van der Waals surface area contributed by atoms with E-state index in [1.54, 1.807) is 0 Å². The third-order valence-corrected chi connectivity index (χ3v) is 4.67. The lowest BCUT2D eigenvalue weighted by Gasteiger charge is -2.32. The number of amides is 1. The van der Waals surface area contributed by atoms with Gasteiger partial charge in [0.1, 0.15) is 0 Å². The van der Waals surface area contributed by atoms with Crippen molar-refractivity contribution < 1.29 is 4.79 Å². The highest BCUT2D eigenvalue weighted by Crippen LogP contribution is 2.35. The van der Waals surface area contributed by atoms with E-state index in [-0.39, 0.29) is 5.91 Å². The van der Waals surface area contributed by atoms with Crippen molar-refractivity contribution in [2.75, 3.05) is 16.4 Å². The number of carbonyl (C=O) groups excluding carboxylic acids is 1. The Bertz CT molecular complexity index is 527. The van der Waals surface area contributed by atoms with E-state index in [2.05, 4.69) is 17.6 Å². The molecule has 2 unspecified atom stereocenters. The van der Waals surface area contributed by atoms with Crippen LogP contribution in [0.5, 0.6) is 0 Å². The minimum absolute atomic E-state index is 0.0562. The summed E-state index contributed by atoms with van der Waals surface area (Å²) < 4.78 is 0. The van der Waals surface area contributed by atoms with Crippen LogP contribution < -0.4 is 16.4 Å². The van der Waals surface area contributed by atoms with Crippen molar-refractivity contribution in [1.82, 2.24) is 0 Å². The first-order chi connectivity index (χ1) is 9.67. The van der Waals surface area contributed by atoms with E-state index in [0.717, 1.165) is 28.5 Å². The number of nitrogen functional groups attached to an aromatic ring is 1. The van der Waals surface area contributed by atoms with Gasteiger partial charge in [-0.05, 0) is 36.5 Å². The van der Waals surface area contributed by atoms with E-state index in [1.807, 2.05) is 12.1 Å². The van der Waals surface area contributed by atoms with Gasteiger partial charge in [-0.1, -0.05) is 26.2 Å². The Kier molecular flexibility index (Phi) is 3.55. The Morgan fingerprint density at radius 3 is 2.95 bits per heavy atom. The van der Waals surface area contributed by atoms with Crippen molar-refractivity contribution >= 4 is 23.0 Å². The number of fused-ring (bicyclic) bond motifs is 1. The molecule has 2 atom stereocenters. The van der Waals surface area contributed by atoms with Gasteiger partial charge in [0.05, 0.1) is 17.8 Å². The molecular weight excluding hydrogens is 250 g/mol. The van der Waals surface area contributed by atoms with E-state index in [9.17, 15) is 4.79 Å². The average Bonchev–Trinajstić information content (AvgIpc) is 2.79. The fourth-order valence-electron chi connectivity index (χ4n) is 3.50. The molecule has 20 heavy (non-hydrogen) atoms. The first-order valence-corrected chi connectivity index (χ1v) is 7.66. The van der Waals surface area contributed by atoms with Crippen LogP contribution in [0.1, 0.15) is 44.6 Å². The zero-order chi connectivity index (χ0) is 14.1. The molecule has 4 nitrogen and oxygen atoms in total.